The number of hydrogen-bond acceptors (Lipinski definition) is 4. The number of rotatable bonds is 7. The number of primary amides is 1. The number of ketones is 1. The summed E-state index contributed by atoms with van der Waals surface area (Å²) in [6, 6.07) is 9.88. The van der Waals surface area contributed by atoms with E-state index < -0.39 is 35.7 Å². The van der Waals surface area contributed by atoms with Crippen molar-refractivity contribution in [3.63, 3.8) is 0 Å². The van der Waals surface area contributed by atoms with Crippen molar-refractivity contribution < 1.29 is 23.5 Å². The molecule has 0 aromatic heterocycles. The molecule has 27 heavy (non-hydrogen) atoms. The Kier molecular flexibility index (Phi) is 6.90. The SMILES string of the molecule is C[C@H](OC(=O)C[C@@H](NC(N)=O)c1ccc(Cl)cc1)C(=O)c1ccc(F)cc1. The van der Waals surface area contributed by atoms with E-state index in [4.69, 9.17) is 22.1 Å². The zero-order valence-corrected chi connectivity index (χ0v) is 15.2. The summed E-state index contributed by atoms with van der Waals surface area (Å²) in [5.41, 5.74) is 5.99. The van der Waals surface area contributed by atoms with Gasteiger partial charge >= 0.3 is 12.0 Å². The minimum Gasteiger partial charge on any atom is -0.454 e. The van der Waals surface area contributed by atoms with E-state index in [1.54, 1.807) is 24.3 Å². The molecule has 3 N–H and O–H groups in total. The standard InChI is InChI=1S/C19H18ClFN2O4/c1-11(18(25)13-4-8-15(21)9-5-13)27-17(24)10-16(23-19(22)26)12-2-6-14(20)7-3-12/h2-9,11,16H,10H2,1H3,(H3,22,23,26)/t11-,16+/m0/s1. The maximum Gasteiger partial charge on any atom is 0.312 e. The molecule has 2 atom stereocenters. The number of halogens is 2. The quantitative estimate of drug-likeness (QED) is 0.557. The Morgan fingerprint density at radius 2 is 1.70 bits per heavy atom. The van der Waals surface area contributed by atoms with Crippen molar-refractivity contribution in [1.82, 2.24) is 5.32 Å². The second-order valence-corrected chi connectivity index (χ2v) is 6.26. The molecule has 0 bridgehead atoms. The average Bonchev–Trinajstić information content (AvgIpc) is 2.61. The number of nitrogens with one attached hydrogen (secondary N) is 1. The molecule has 2 amide bonds. The van der Waals surface area contributed by atoms with Crippen molar-refractivity contribution in [2.45, 2.75) is 25.5 Å². The van der Waals surface area contributed by atoms with E-state index in [0.29, 0.717) is 10.6 Å². The van der Waals surface area contributed by atoms with Crippen molar-refractivity contribution in [1.29, 1.82) is 0 Å². The molecule has 2 aromatic carbocycles. The molecule has 0 fully saturated rings. The fourth-order valence-corrected chi connectivity index (χ4v) is 2.56. The maximum absolute atomic E-state index is 12.9. The van der Waals surface area contributed by atoms with Crippen molar-refractivity contribution in [2.75, 3.05) is 0 Å². The first-order valence-corrected chi connectivity index (χ1v) is 8.44. The van der Waals surface area contributed by atoms with Crippen LogP contribution in [-0.4, -0.2) is 23.9 Å². The normalized spacial score (nSPS) is 12.7. The van der Waals surface area contributed by atoms with E-state index in [1.807, 2.05) is 0 Å². The number of amides is 2. The van der Waals surface area contributed by atoms with Gasteiger partial charge in [0.1, 0.15) is 5.82 Å². The van der Waals surface area contributed by atoms with Gasteiger partial charge in [-0.2, -0.15) is 0 Å². The number of benzene rings is 2. The second-order valence-electron chi connectivity index (χ2n) is 5.82. The Morgan fingerprint density at radius 1 is 1.11 bits per heavy atom. The molecule has 6 nitrogen and oxygen atoms in total. The predicted octanol–water partition coefficient (Wildman–Crippen LogP) is 3.39. The van der Waals surface area contributed by atoms with Gasteiger partial charge in [-0.15, -0.1) is 0 Å². The first-order chi connectivity index (χ1) is 12.8. The highest BCUT2D eigenvalue weighted by atomic mass is 35.5. The summed E-state index contributed by atoms with van der Waals surface area (Å²) in [6.45, 7) is 1.42. The van der Waals surface area contributed by atoms with Gasteiger partial charge in [-0.05, 0) is 48.9 Å². The van der Waals surface area contributed by atoms with Crippen molar-refractivity contribution in [3.8, 4) is 0 Å². The molecule has 0 saturated heterocycles. The van der Waals surface area contributed by atoms with Gasteiger partial charge in [0, 0.05) is 10.6 Å². The second kappa shape index (κ2) is 9.14. The molecule has 142 valence electrons. The van der Waals surface area contributed by atoms with Crippen LogP contribution in [0.15, 0.2) is 48.5 Å². The molecule has 0 spiro atoms. The van der Waals surface area contributed by atoms with Crippen LogP contribution in [0, 0.1) is 5.82 Å². The number of hydrogen-bond donors (Lipinski definition) is 2. The zero-order chi connectivity index (χ0) is 20.0. The smallest absolute Gasteiger partial charge is 0.312 e. The van der Waals surface area contributed by atoms with Gasteiger partial charge < -0.3 is 15.8 Å². The van der Waals surface area contributed by atoms with Crippen LogP contribution in [0.25, 0.3) is 0 Å². The summed E-state index contributed by atoms with van der Waals surface area (Å²) in [5.74, 6) is -1.64. The van der Waals surface area contributed by atoms with E-state index in [9.17, 15) is 18.8 Å². The molecular formula is C19H18ClFN2O4. The summed E-state index contributed by atoms with van der Waals surface area (Å²) < 4.78 is 18.1. The number of esters is 1. The number of carbonyl (C=O) groups is 3. The molecule has 0 unspecified atom stereocenters. The van der Waals surface area contributed by atoms with Gasteiger partial charge in [0.15, 0.2) is 6.10 Å². The number of Topliss-reactive ketones (excluding diaryl/α,β-unsaturated/α-hetero) is 1. The third-order valence-electron chi connectivity index (χ3n) is 3.77. The highest BCUT2D eigenvalue weighted by molar-refractivity contribution is 6.30. The number of urea groups is 1. The molecule has 2 rings (SSSR count). The Labute approximate surface area is 160 Å². The summed E-state index contributed by atoms with van der Waals surface area (Å²) in [4.78, 5) is 35.7. The van der Waals surface area contributed by atoms with Crippen LogP contribution in [0.4, 0.5) is 9.18 Å². The fraction of sp³-hybridized carbons (Fsp3) is 0.211. The Morgan fingerprint density at radius 3 is 2.26 bits per heavy atom. The summed E-state index contributed by atoms with van der Waals surface area (Å²) in [5, 5.41) is 2.95. The Balaban J connectivity index is 2.03. The highest BCUT2D eigenvalue weighted by Gasteiger charge is 2.23. The van der Waals surface area contributed by atoms with E-state index in [-0.39, 0.29) is 12.0 Å². The van der Waals surface area contributed by atoms with Crippen LogP contribution < -0.4 is 11.1 Å². The summed E-state index contributed by atoms with van der Waals surface area (Å²) in [6.07, 6.45) is -1.30. The predicted molar refractivity (Wildman–Crippen MR) is 97.8 cm³/mol. The highest BCUT2D eigenvalue weighted by Crippen LogP contribution is 2.20. The molecule has 8 heteroatoms. The lowest BCUT2D eigenvalue weighted by atomic mass is 10.0. The van der Waals surface area contributed by atoms with Crippen LogP contribution >= 0.6 is 11.6 Å². The molecule has 0 radical (unpaired) electrons. The first-order valence-electron chi connectivity index (χ1n) is 8.07. The number of ether oxygens (including phenoxy) is 1. The van der Waals surface area contributed by atoms with Crippen LogP contribution in [0.2, 0.25) is 5.02 Å². The van der Waals surface area contributed by atoms with Crippen LogP contribution in [0.5, 0.6) is 0 Å². The van der Waals surface area contributed by atoms with Gasteiger partial charge in [0.25, 0.3) is 0 Å². The third-order valence-corrected chi connectivity index (χ3v) is 4.02. The minimum absolute atomic E-state index is 0.223. The van der Waals surface area contributed by atoms with Gasteiger partial charge in [0.2, 0.25) is 5.78 Å². The van der Waals surface area contributed by atoms with E-state index in [2.05, 4.69) is 5.32 Å². The largest absolute Gasteiger partial charge is 0.454 e. The molecule has 0 aliphatic carbocycles. The lowest BCUT2D eigenvalue weighted by Gasteiger charge is -2.19. The van der Waals surface area contributed by atoms with Crippen LogP contribution in [0.3, 0.4) is 0 Å². The molecular weight excluding hydrogens is 375 g/mol. The lowest BCUT2D eigenvalue weighted by molar-refractivity contribution is -0.146. The Hall–Kier alpha value is -2.93. The number of nitrogens with two attached hydrogens (primary N) is 1. The molecule has 2 aromatic rings. The van der Waals surface area contributed by atoms with Crippen molar-refractivity contribution >= 4 is 29.4 Å². The van der Waals surface area contributed by atoms with E-state index in [1.165, 1.54) is 19.1 Å². The van der Waals surface area contributed by atoms with Gasteiger partial charge in [0.05, 0.1) is 12.5 Å². The summed E-state index contributed by atoms with van der Waals surface area (Å²) >= 11 is 5.83. The van der Waals surface area contributed by atoms with Crippen molar-refractivity contribution in [3.05, 3.63) is 70.5 Å². The maximum atomic E-state index is 12.9. The first kappa shape index (κ1) is 20.4. The van der Waals surface area contributed by atoms with E-state index in [0.717, 1.165) is 12.1 Å². The lowest BCUT2D eigenvalue weighted by Crippen LogP contribution is -2.35. The average molecular weight is 393 g/mol. The minimum atomic E-state index is -1.07. The molecule has 0 aliphatic rings. The van der Waals surface area contributed by atoms with Crippen LogP contribution in [0.1, 0.15) is 35.3 Å². The Bertz CT molecular complexity index is 825. The van der Waals surface area contributed by atoms with E-state index >= 15 is 0 Å². The molecule has 0 heterocycles. The van der Waals surface area contributed by atoms with Gasteiger partial charge in [-0.25, -0.2) is 9.18 Å². The van der Waals surface area contributed by atoms with Crippen molar-refractivity contribution in [2.24, 2.45) is 5.73 Å². The van der Waals surface area contributed by atoms with Gasteiger partial charge in [-0.1, -0.05) is 23.7 Å². The zero-order valence-electron chi connectivity index (χ0n) is 14.4. The van der Waals surface area contributed by atoms with Crippen LogP contribution in [-0.2, 0) is 9.53 Å². The molecule has 0 aliphatic heterocycles. The number of carbonyl (C=O) groups excluding carboxylic acids is 3. The molecule has 0 saturated carbocycles. The van der Waals surface area contributed by atoms with Gasteiger partial charge in [-0.3, -0.25) is 9.59 Å². The third kappa shape index (κ3) is 6.07. The fourth-order valence-electron chi connectivity index (χ4n) is 2.43. The topological polar surface area (TPSA) is 98.5 Å². The monoisotopic (exact) mass is 392 g/mol. The summed E-state index contributed by atoms with van der Waals surface area (Å²) in [7, 11) is 0.